The van der Waals surface area contributed by atoms with Crippen molar-refractivity contribution in [3.8, 4) is 0 Å². The molecule has 2 fully saturated rings. The van der Waals surface area contributed by atoms with Crippen molar-refractivity contribution in [1.82, 2.24) is 15.2 Å². The number of likely N-dealkylation sites (tertiary alicyclic amines) is 1. The summed E-state index contributed by atoms with van der Waals surface area (Å²) < 4.78 is 16.5. The van der Waals surface area contributed by atoms with Crippen molar-refractivity contribution in [2.24, 2.45) is 0 Å². The zero-order valence-corrected chi connectivity index (χ0v) is 23.8. The topological polar surface area (TPSA) is 107 Å². The fourth-order valence-electron chi connectivity index (χ4n) is 4.89. The molecule has 1 aliphatic carbocycles. The van der Waals surface area contributed by atoms with E-state index in [0.717, 1.165) is 49.1 Å². The average Bonchev–Trinajstić information content (AvgIpc) is 3.42. The molecule has 1 aromatic carbocycles. The van der Waals surface area contributed by atoms with Crippen LogP contribution in [0.3, 0.4) is 0 Å². The van der Waals surface area contributed by atoms with Crippen molar-refractivity contribution in [1.29, 1.82) is 0 Å². The third-order valence-corrected chi connectivity index (χ3v) is 8.08. The summed E-state index contributed by atoms with van der Waals surface area (Å²) in [7, 11) is 0. The van der Waals surface area contributed by atoms with E-state index in [0.29, 0.717) is 18.0 Å². The number of ether oxygens (including phenoxy) is 3. The molecule has 1 aliphatic heterocycles. The number of esters is 1. The molecule has 2 aromatic rings. The van der Waals surface area contributed by atoms with Crippen molar-refractivity contribution < 1.29 is 28.6 Å². The van der Waals surface area contributed by atoms with Crippen LogP contribution in [-0.2, 0) is 25.6 Å². The van der Waals surface area contributed by atoms with Crippen LogP contribution >= 0.6 is 11.3 Å². The molecule has 10 heteroatoms. The maximum absolute atomic E-state index is 12.9. The van der Waals surface area contributed by atoms with Gasteiger partial charge in [0.2, 0.25) is 0 Å². The summed E-state index contributed by atoms with van der Waals surface area (Å²) in [5, 5.41) is 4.07. The van der Waals surface area contributed by atoms with E-state index in [-0.39, 0.29) is 49.2 Å². The highest BCUT2D eigenvalue weighted by Gasteiger charge is 2.29. The Labute approximate surface area is 234 Å². The molecule has 2 amide bonds. The van der Waals surface area contributed by atoms with Gasteiger partial charge >= 0.3 is 12.1 Å². The molecule has 1 N–H and O–H groups in total. The van der Waals surface area contributed by atoms with E-state index in [2.05, 4.69) is 10.3 Å². The summed E-state index contributed by atoms with van der Waals surface area (Å²) in [6.45, 7) is 6.94. The Morgan fingerprint density at radius 3 is 2.38 bits per heavy atom. The van der Waals surface area contributed by atoms with Gasteiger partial charge in [0.05, 0.1) is 17.3 Å². The average molecular weight is 558 g/mol. The van der Waals surface area contributed by atoms with Crippen LogP contribution in [0.4, 0.5) is 4.79 Å². The number of hydrogen-bond acceptors (Lipinski definition) is 8. The molecule has 0 radical (unpaired) electrons. The Morgan fingerprint density at radius 2 is 1.72 bits per heavy atom. The minimum atomic E-state index is -0.521. The maximum Gasteiger partial charge on any atom is 0.410 e. The number of thiazole rings is 1. The smallest absolute Gasteiger partial charge is 0.410 e. The number of nitrogens with zero attached hydrogens (tertiary/aromatic N) is 2. The summed E-state index contributed by atoms with van der Waals surface area (Å²) >= 11 is 1.44. The van der Waals surface area contributed by atoms with Crippen molar-refractivity contribution in [3.05, 3.63) is 52.0 Å². The van der Waals surface area contributed by atoms with Crippen molar-refractivity contribution in [2.45, 2.75) is 89.6 Å². The second-order valence-electron chi connectivity index (χ2n) is 11.2. The van der Waals surface area contributed by atoms with Gasteiger partial charge in [0.1, 0.15) is 23.7 Å². The van der Waals surface area contributed by atoms with Crippen molar-refractivity contribution in [3.63, 3.8) is 0 Å². The number of piperidine rings is 1. The highest BCUT2D eigenvalue weighted by Crippen LogP contribution is 2.31. The third-order valence-electron chi connectivity index (χ3n) is 6.92. The van der Waals surface area contributed by atoms with Crippen LogP contribution in [0, 0.1) is 0 Å². The Balaban J connectivity index is 1.15. The van der Waals surface area contributed by atoms with Crippen molar-refractivity contribution >= 4 is 29.3 Å². The fraction of sp³-hybridized carbons (Fsp3) is 0.586. The summed E-state index contributed by atoms with van der Waals surface area (Å²) in [6.07, 6.45) is 6.13. The summed E-state index contributed by atoms with van der Waals surface area (Å²) in [6, 6.07) is 9.73. The molecule has 0 unspecified atom stereocenters. The summed E-state index contributed by atoms with van der Waals surface area (Å²) in [5.41, 5.74) is 0.446. The van der Waals surface area contributed by atoms with E-state index in [1.54, 1.807) is 11.1 Å². The lowest BCUT2D eigenvalue weighted by molar-refractivity contribution is -0.162. The number of nitrogens with one attached hydrogen (secondary N) is 1. The molecule has 0 spiro atoms. The molecule has 39 heavy (non-hydrogen) atoms. The zero-order chi connectivity index (χ0) is 27.8. The SMILES string of the molecule is CC(C)(C)OC(=O)CO[C@H]1CC[C@H](NC(=O)c2cnc(C3CCN(C(=O)OCc4ccccc4)CC3)s2)CC1. The second-order valence-corrected chi connectivity index (χ2v) is 12.3. The first-order valence-corrected chi connectivity index (χ1v) is 14.5. The van der Waals surface area contributed by atoms with Crippen molar-refractivity contribution in [2.75, 3.05) is 19.7 Å². The zero-order valence-electron chi connectivity index (χ0n) is 23.0. The minimum Gasteiger partial charge on any atom is -0.458 e. The van der Waals surface area contributed by atoms with Gasteiger partial charge in [-0.25, -0.2) is 14.6 Å². The van der Waals surface area contributed by atoms with Crippen LogP contribution in [0.2, 0.25) is 0 Å². The maximum atomic E-state index is 12.9. The molecule has 4 rings (SSSR count). The number of rotatable bonds is 8. The number of hydrogen-bond donors (Lipinski definition) is 1. The molecule has 1 saturated carbocycles. The van der Waals surface area contributed by atoms with Gasteiger partial charge in [0.25, 0.3) is 5.91 Å². The lowest BCUT2D eigenvalue weighted by Crippen LogP contribution is -2.39. The number of carbonyl (C=O) groups is 3. The Morgan fingerprint density at radius 1 is 1.03 bits per heavy atom. The van der Waals surface area contributed by atoms with Gasteiger partial charge in [-0.05, 0) is 64.9 Å². The molecular formula is C29H39N3O6S. The standard InChI is InChI=1S/C29H39N3O6S/c1-29(2,3)38-25(33)19-36-23-11-9-22(10-12-23)31-26(34)24-17-30-27(39-24)21-13-15-32(16-14-21)28(35)37-18-20-7-5-4-6-8-20/h4-8,17,21-23H,9-16,18-19H2,1-3H3,(H,31,34)/t22-,23-. The quantitative estimate of drug-likeness (QED) is 0.452. The number of carbonyl (C=O) groups excluding carboxylic acids is 3. The molecule has 1 saturated heterocycles. The van der Waals surface area contributed by atoms with E-state index < -0.39 is 5.60 Å². The number of amides is 2. The molecule has 9 nitrogen and oxygen atoms in total. The van der Waals surface area contributed by atoms with Gasteiger partial charge in [0.15, 0.2) is 0 Å². The first-order valence-electron chi connectivity index (χ1n) is 13.7. The molecule has 1 aromatic heterocycles. The lowest BCUT2D eigenvalue weighted by Gasteiger charge is -2.30. The van der Waals surface area contributed by atoms with E-state index >= 15 is 0 Å². The van der Waals surface area contributed by atoms with Crippen LogP contribution in [-0.4, -0.2) is 65.3 Å². The van der Waals surface area contributed by atoms with Crippen LogP contribution in [0.25, 0.3) is 0 Å². The van der Waals surface area contributed by atoms with Crippen LogP contribution in [0.1, 0.15) is 85.5 Å². The molecular weight excluding hydrogens is 518 g/mol. The minimum absolute atomic E-state index is 0.00200. The van der Waals surface area contributed by atoms with E-state index in [4.69, 9.17) is 14.2 Å². The van der Waals surface area contributed by atoms with E-state index in [1.165, 1.54) is 11.3 Å². The van der Waals surface area contributed by atoms with E-state index in [1.807, 2.05) is 51.1 Å². The van der Waals surface area contributed by atoms with Gasteiger partial charge in [-0.1, -0.05) is 30.3 Å². The monoisotopic (exact) mass is 557 g/mol. The predicted molar refractivity (Wildman–Crippen MR) is 148 cm³/mol. The van der Waals surface area contributed by atoms with E-state index in [9.17, 15) is 14.4 Å². The van der Waals surface area contributed by atoms with Gasteiger partial charge in [0, 0.05) is 25.0 Å². The highest BCUT2D eigenvalue weighted by atomic mass is 32.1. The van der Waals surface area contributed by atoms with Crippen LogP contribution in [0.5, 0.6) is 0 Å². The van der Waals surface area contributed by atoms with Gasteiger partial charge in [-0.2, -0.15) is 0 Å². The Hall–Kier alpha value is -2.98. The fourth-order valence-corrected chi connectivity index (χ4v) is 5.88. The first kappa shape index (κ1) is 29.0. The van der Waals surface area contributed by atoms with Crippen LogP contribution < -0.4 is 5.32 Å². The molecule has 0 atom stereocenters. The molecule has 212 valence electrons. The number of benzene rings is 1. The van der Waals surface area contributed by atoms with Gasteiger partial charge in [-0.15, -0.1) is 11.3 Å². The summed E-state index contributed by atoms with van der Waals surface area (Å²) in [4.78, 5) is 44.1. The predicted octanol–water partition coefficient (Wildman–Crippen LogP) is 5.06. The third kappa shape index (κ3) is 9.03. The van der Waals surface area contributed by atoms with Gasteiger partial charge < -0.3 is 24.4 Å². The Kier molecular flexibility index (Phi) is 9.96. The first-order chi connectivity index (χ1) is 18.7. The highest BCUT2D eigenvalue weighted by molar-refractivity contribution is 7.13. The second kappa shape index (κ2) is 13.4. The normalized spacial score (nSPS) is 20.3. The van der Waals surface area contributed by atoms with Gasteiger partial charge in [-0.3, -0.25) is 4.79 Å². The van der Waals surface area contributed by atoms with Crippen LogP contribution in [0.15, 0.2) is 36.5 Å². The number of aromatic nitrogens is 1. The summed E-state index contributed by atoms with van der Waals surface area (Å²) in [5.74, 6) is -0.223. The molecule has 0 bridgehead atoms. The largest absolute Gasteiger partial charge is 0.458 e. The Bertz CT molecular complexity index is 1100. The molecule has 2 heterocycles. The lowest BCUT2D eigenvalue weighted by atomic mass is 9.93. The molecule has 2 aliphatic rings.